The van der Waals surface area contributed by atoms with Gasteiger partial charge < -0.3 is 10.1 Å². The van der Waals surface area contributed by atoms with Gasteiger partial charge in [0.05, 0.1) is 23.6 Å². The lowest BCUT2D eigenvalue weighted by Gasteiger charge is -2.27. The van der Waals surface area contributed by atoms with Crippen LogP contribution in [0.3, 0.4) is 0 Å². The maximum absolute atomic E-state index is 12.6. The molecule has 3 rings (SSSR count). The van der Waals surface area contributed by atoms with E-state index in [0.717, 1.165) is 15.8 Å². The van der Waals surface area contributed by atoms with Crippen molar-refractivity contribution >= 4 is 31.9 Å². The molecule has 0 saturated carbocycles. The molecule has 146 valence electrons. The highest BCUT2D eigenvalue weighted by molar-refractivity contribution is 9.10. The van der Waals surface area contributed by atoms with E-state index >= 15 is 0 Å². The molecule has 1 atom stereocenters. The molecule has 0 aromatic heterocycles. The van der Waals surface area contributed by atoms with Gasteiger partial charge in [0, 0.05) is 35.0 Å². The lowest BCUT2D eigenvalue weighted by molar-refractivity contribution is 0.0924. The highest BCUT2D eigenvalue weighted by atomic mass is 79.9. The molecule has 0 aliphatic carbocycles. The van der Waals surface area contributed by atoms with Crippen molar-refractivity contribution in [2.75, 3.05) is 13.2 Å². The van der Waals surface area contributed by atoms with Gasteiger partial charge in [-0.2, -0.15) is 5.26 Å². The zero-order valence-electron chi connectivity index (χ0n) is 14.8. The Hall–Kier alpha value is -2.41. The highest BCUT2D eigenvalue weighted by Crippen LogP contribution is 2.34. The van der Waals surface area contributed by atoms with Crippen LogP contribution < -0.4 is 14.8 Å². The molecule has 0 saturated heterocycles. The van der Waals surface area contributed by atoms with E-state index in [2.05, 4.69) is 26.0 Å². The second-order valence-corrected chi connectivity index (χ2v) is 8.86. The van der Waals surface area contributed by atoms with E-state index < -0.39 is 10.0 Å². The van der Waals surface area contributed by atoms with Crippen LogP contribution in [0.4, 0.5) is 0 Å². The number of nitrogens with zero attached hydrogens (tertiary/aromatic N) is 1. The molecule has 9 heteroatoms. The van der Waals surface area contributed by atoms with Gasteiger partial charge in [0.1, 0.15) is 5.75 Å². The van der Waals surface area contributed by atoms with Crippen molar-refractivity contribution in [3.05, 3.63) is 58.1 Å². The number of sulfonamides is 1. The molecule has 28 heavy (non-hydrogen) atoms. The summed E-state index contributed by atoms with van der Waals surface area (Å²) in [7, 11) is -3.70. The maximum Gasteiger partial charge on any atom is 0.251 e. The Kier molecular flexibility index (Phi) is 6.34. The van der Waals surface area contributed by atoms with Crippen LogP contribution in [0.2, 0.25) is 0 Å². The number of ether oxygens (including phenoxy) is 1. The predicted octanol–water partition coefficient (Wildman–Crippen LogP) is 2.89. The molecular weight excluding hydrogens is 446 g/mol. The van der Waals surface area contributed by atoms with E-state index in [1.807, 2.05) is 24.3 Å². The Labute approximate surface area is 171 Å². The summed E-state index contributed by atoms with van der Waals surface area (Å²) in [5.41, 5.74) is 1.26. The van der Waals surface area contributed by atoms with Gasteiger partial charge in [-0.3, -0.25) is 4.79 Å². The smallest absolute Gasteiger partial charge is 0.251 e. The van der Waals surface area contributed by atoms with Crippen LogP contribution in [0.1, 0.15) is 34.8 Å². The van der Waals surface area contributed by atoms with Gasteiger partial charge in [0.15, 0.2) is 0 Å². The topological polar surface area (TPSA) is 108 Å². The van der Waals surface area contributed by atoms with E-state index in [1.54, 1.807) is 0 Å². The molecule has 2 aromatic rings. The molecule has 2 aromatic carbocycles. The fourth-order valence-corrected chi connectivity index (χ4v) is 4.28. The minimum atomic E-state index is -3.70. The quantitative estimate of drug-likeness (QED) is 0.640. The van der Waals surface area contributed by atoms with Crippen LogP contribution in [0.25, 0.3) is 0 Å². The molecule has 2 N–H and O–H groups in total. The molecule has 1 heterocycles. The minimum Gasteiger partial charge on any atom is -0.493 e. The van der Waals surface area contributed by atoms with Crippen molar-refractivity contribution in [1.82, 2.24) is 10.0 Å². The van der Waals surface area contributed by atoms with E-state index in [0.29, 0.717) is 18.6 Å². The van der Waals surface area contributed by atoms with Gasteiger partial charge in [0.2, 0.25) is 10.0 Å². The largest absolute Gasteiger partial charge is 0.493 e. The molecule has 0 radical (unpaired) electrons. The fraction of sp³-hybridized carbons (Fsp3) is 0.263. The summed E-state index contributed by atoms with van der Waals surface area (Å²) in [5, 5.41) is 11.5. The van der Waals surface area contributed by atoms with Crippen molar-refractivity contribution in [2.24, 2.45) is 0 Å². The summed E-state index contributed by atoms with van der Waals surface area (Å²) in [4.78, 5) is 12.7. The van der Waals surface area contributed by atoms with Crippen LogP contribution in [0.15, 0.2) is 51.8 Å². The zero-order valence-corrected chi connectivity index (χ0v) is 17.2. The van der Waals surface area contributed by atoms with E-state index in [9.17, 15) is 13.2 Å². The monoisotopic (exact) mass is 463 g/mol. The van der Waals surface area contributed by atoms with Crippen LogP contribution >= 0.6 is 15.9 Å². The minimum absolute atomic E-state index is 0.0415. The number of nitrogens with one attached hydrogen (secondary N) is 2. The summed E-state index contributed by atoms with van der Waals surface area (Å²) >= 11 is 3.43. The number of halogens is 1. The zero-order chi connectivity index (χ0) is 20.1. The summed E-state index contributed by atoms with van der Waals surface area (Å²) in [6.07, 6.45) is 0.729. The maximum atomic E-state index is 12.6. The fourth-order valence-electron chi connectivity index (χ4n) is 2.87. The number of hydrogen-bond acceptors (Lipinski definition) is 5. The normalized spacial score (nSPS) is 15.8. The Morgan fingerprint density at radius 2 is 2.00 bits per heavy atom. The summed E-state index contributed by atoms with van der Waals surface area (Å²) < 4.78 is 33.1. The van der Waals surface area contributed by atoms with Crippen molar-refractivity contribution in [3.63, 3.8) is 0 Å². The second-order valence-electron chi connectivity index (χ2n) is 6.18. The summed E-state index contributed by atoms with van der Waals surface area (Å²) in [6.45, 7) is 0.547. The lowest BCUT2D eigenvalue weighted by Crippen LogP contribution is -2.32. The molecule has 1 unspecified atom stereocenters. The average Bonchev–Trinajstić information content (AvgIpc) is 2.68. The third kappa shape index (κ3) is 4.70. The molecular formula is C19H18BrN3O4S. The number of rotatable bonds is 6. The molecule has 0 bridgehead atoms. The first-order valence-electron chi connectivity index (χ1n) is 8.60. The second kappa shape index (κ2) is 8.73. The van der Waals surface area contributed by atoms with Crippen molar-refractivity contribution < 1.29 is 17.9 Å². The Morgan fingerprint density at radius 1 is 1.25 bits per heavy atom. The third-order valence-electron chi connectivity index (χ3n) is 4.27. The van der Waals surface area contributed by atoms with Gasteiger partial charge in [-0.05, 0) is 42.5 Å². The first-order chi connectivity index (χ1) is 13.4. The van der Waals surface area contributed by atoms with Crippen LogP contribution in [0, 0.1) is 11.3 Å². The lowest BCUT2D eigenvalue weighted by atomic mass is 10.00. The van der Waals surface area contributed by atoms with E-state index in [-0.39, 0.29) is 29.8 Å². The van der Waals surface area contributed by atoms with Crippen molar-refractivity contribution in [3.8, 4) is 11.8 Å². The highest BCUT2D eigenvalue weighted by Gasteiger charge is 2.24. The molecule has 0 spiro atoms. The van der Waals surface area contributed by atoms with Crippen molar-refractivity contribution in [2.45, 2.75) is 23.8 Å². The molecule has 1 aliphatic rings. The molecule has 7 nitrogen and oxygen atoms in total. The third-order valence-corrected chi connectivity index (χ3v) is 6.24. The van der Waals surface area contributed by atoms with E-state index in [1.165, 1.54) is 24.3 Å². The Morgan fingerprint density at radius 3 is 2.71 bits per heavy atom. The first kappa shape index (κ1) is 20.3. The number of fused-ring (bicyclic) bond motifs is 1. The van der Waals surface area contributed by atoms with Gasteiger partial charge in [-0.1, -0.05) is 15.9 Å². The van der Waals surface area contributed by atoms with Crippen molar-refractivity contribution in [1.29, 1.82) is 5.26 Å². The van der Waals surface area contributed by atoms with Gasteiger partial charge in [-0.25, -0.2) is 13.1 Å². The SMILES string of the molecule is N#CCCNS(=O)(=O)c1ccc(C(=O)NC2CCOc3ccc(Br)cc32)cc1. The first-order valence-corrected chi connectivity index (χ1v) is 10.9. The standard InChI is InChI=1S/C19H18BrN3O4S/c20-14-4-7-18-16(12-14)17(8-11-27-18)23-19(24)13-2-5-15(6-3-13)28(25,26)22-10-1-9-21/h2-7,12,17,22H,1,8,10-11H2,(H,23,24). The van der Waals surface area contributed by atoms with E-state index in [4.69, 9.17) is 10.00 Å². The van der Waals surface area contributed by atoms with Crippen LogP contribution in [0.5, 0.6) is 5.75 Å². The number of carbonyl (C=O) groups excluding carboxylic acids is 1. The number of nitriles is 1. The molecule has 1 aliphatic heterocycles. The number of benzene rings is 2. The molecule has 1 amide bonds. The van der Waals surface area contributed by atoms with Gasteiger partial charge >= 0.3 is 0 Å². The van der Waals surface area contributed by atoms with Crippen LogP contribution in [-0.2, 0) is 10.0 Å². The van der Waals surface area contributed by atoms with Gasteiger partial charge in [-0.15, -0.1) is 0 Å². The number of amides is 1. The Balaban J connectivity index is 1.71. The summed E-state index contributed by atoms with van der Waals surface area (Å²) in [5.74, 6) is 0.448. The Bertz CT molecular complexity index is 1020. The van der Waals surface area contributed by atoms with Crippen LogP contribution in [-0.4, -0.2) is 27.5 Å². The van der Waals surface area contributed by atoms with Gasteiger partial charge in [0.25, 0.3) is 5.91 Å². The summed E-state index contributed by atoms with van der Waals surface area (Å²) in [6, 6.07) is 13.0. The number of carbonyl (C=O) groups is 1. The average molecular weight is 464 g/mol. The predicted molar refractivity (Wildman–Crippen MR) is 106 cm³/mol. The number of hydrogen-bond donors (Lipinski definition) is 2. The molecule has 0 fully saturated rings.